The van der Waals surface area contributed by atoms with Gasteiger partial charge in [0, 0.05) is 0 Å². The second-order valence-corrected chi connectivity index (χ2v) is 19.4. The zero-order valence-electron chi connectivity index (χ0n) is 23.7. The van der Waals surface area contributed by atoms with Gasteiger partial charge in [-0.3, -0.25) is 0 Å². The summed E-state index contributed by atoms with van der Waals surface area (Å²) < 4.78 is 17.0. The number of hydrogen-bond donors (Lipinski definition) is 0. The predicted molar refractivity (Wildman–Crippen MR) is 166 cm³/mol. The Morgan fingerprint density at radius 3 is 1.66 bits per heavy atom. The van der Waals surface area contributed by atoms with Crippen molar-refractivity contribution in [1.82, 2.24) is 0 Å². The van der Waals surface area contributed by atoms with Gasteiger partial charge in [0.2, 0.25) is 0 Å². The summed E-state index contributed by atoms with van der Waals surface area (Å²) in [6, 6.07) is 27.8. The molecular weight excluding hydrogens is 547 g/mol. The van der Waals surface area contributed by atoms with Crippen LogP contribution >= 0.6 is 24.8 Å². The molecule has 0 saturated heterocycles. The number of allylic oxidation sites excluding steroid dienone is 4. The molecule has 0 heterocycles. The molecule has 1 aliphatic carbocycles. The zero-order valence-corrected chi connectivity index (χ0v) is 26.9. The summed E-state index contributed by atoms with van der Waals surface area (Å²) in [6.45, 7) is 13.5. The normalized spacial score (nSPS) is 14.0. The van der Waals surface area contributed by atoms with Crippen LogP contribution in [0.15, 0.2) is 100 Å². The first kappa shape index (κ1) is 32.1. The quantitative estimate of drug-likeness (QED) is 0.270. The molecule has 0 radical (unpaired) electrons. The van der Waals surface area contributed by atoms with Crippen LogP contribution in [0.1, 0.15) is 53.5 Å². The molecule has 0 atom stereocenters. The van der Waals surface area contributed by atoms with E-state index in [1.54, 1.807) is 7.11 Å². The van der Waals surface area contributed by atoms with Crippen LogP contribution in [0.25, 0.3) is 0 Å². The SMILES string of the molecule is Cl.Cl.[CH2]=[Ti]([O]c1cc(OC)cc(C(C)(C)C)c1)([C]1=C(C(C)(C)C)C=CC1)([c]1ccccc1)[c]1ccccc1. The van der Waals surface area contributed by atoms with Gasteiger partial charge in [0.05, 0.1) is 0 Å². The van der Waals surface area contributed by atoms with Crippen LogP contribution in [0.5, 0.6) is 11.5 Å². The molecule has 0 N–H and O–H groups in total. The molecule has 1 aliphatic rings. The maximum atomic E-state index is 7.55. The van der Waals surface area contributed by atoms with E-state index in [0.29, 0.717) is 0 Å². The van der Waals surface area contributed by atoms with Gasteiger partial charge in [0.15, 0.2) is 0 Å². The van der Waals surface area contributed by atoms with Gasteiger partial charge in [-0.15, -0.1) is 24.8 Å². The van der Waals surface area contributed by atoms with Gasteiger partial charge >= 0.3 is 219 Å². The average Bonchev–Trinajstić information content (AvgIpc) is 3.37. The summed E-state index contributed by atoms with van der Waals surface area (Å²) in [5.41, 5.74) is 2.42. The molecule has 5 heteroatoms. The van der Waals surface area contributed by atoms with Crippen molar-refractivity contribution in [3.8, 4) is 11.5 Å². The van der Waals surface area contributed by atoms with E-state index in [9.17, 15) is 0 Å². The third-order valence-electron chi connectivity index (χ3n) is 7.47. The van der Waals surface area contributed by atoms with Crippen molar-refractivity contribution < 1.29 is 23.3 Å². The molecule has 204 valence electrons. The Bertz CT molecular complexity index is 1330. The van der Waals surface area contributed by atoms with E-state index >= 15 is 0 Å². The van der Waals surface area contributed by atoms with Crippen molar-refractivity contribution in [3.05, 3.63) is 106 Å². The Morgan fingerprint density at radius 2 is 1.21 bits per heavy atom. The number of ether oxygens (including phenoxy) is 1. The minimum absolute atomic E-state index is 0. The molecule has 0 unspecified atom stereocenters. The molecule has 3 aromatic rings. The van der Waals surface area contributed by atoms with Crippen LogP contribution in [-0.2, 0) is 20.6 Å². The summed E-state index contributed by atoms with van der Waals surface area (Å²) in [5.74, 6) is 1.61. The van der Waals surface area contributed by atoms with Gasteiger partial charge in [0.1, 0.15) is 0 Å². The Morgan fingerprint density at radius 1 is 0.711 bits per heavy atom. The van der Waals surface area contributed by atoms with Crippen LogP contribution in [0.2, 0.25) is 0 Å². The fraction of sp³-hybridized carbons (Fsp3) is 0.303. The fourth-order valence-electron chi connectivity index (χ4n) is 5.43. The summed E-state index contributed by atoms with van der Waals surface area (Å²) >= 11 is -4.65. The second-order valence-electron chi connectivity index (χ2n) is 12.1. The number of rotatable bonds is 6. The number of hydrogen-bond acceptors (Lipinski definition) is 2. The van der Waals surface area contributed by atoms with Gasteiger partial charge in [-0.1, -0.05) is 0 Å². The monoisotopic (exact) mass is 588 g/mol. The summed E-state index contributed by atoms with van der Waals surface area (Å²) in [6.07, 6.45) is 5.42. The molecule has 2 nitrogen and oxygen atoms in total. The number of methoxy groups -OCH3 is 1. The van der Waals surface area contributed by atoms with E-state index in [1.165, 1.54) is 22.8 Å². The summed E-state index contributed by atoms with van der Waals surface area (Å²) in [5, 5.41) is 0. The van der Waals surface area contributed by atoms with Crippen LogP contribution in [-0.4, -0.2) is 11.9 Å². The van der Waals surface area contributed by atoms with E-state index in [-0.39, 0.29) is 35.6 Å². The molecule has 0 amide bonds. The van der Waals surface area contributed by atoms with E-state index < -0.39 is 15.2 Å². The molecule has 0 saturated carbocycles. The first-order valence-electron chi connectivity index (χ1n) is 12.8. The van der Waals surface area contributed by atoms with Crippen LogP contribution in [0.4, 0.5) is 0 Å². The first-order valence-corrected chi connectivity index (χ1v) is 16.9. The standard InChI is InChI=1S/C11H16O2.C9H13.2C6H5.CH2.2ClH.Ti/c1-11(2,3)8-5-9(12)7-10(6-8)13-4;1-9(2,3)8-6-4-5-7-8;2*1-2-4-6-5-3-1;;;;/h5-7,12H,1-4H3;4,6H,5H2,1-3H3;2*1-5H;1H2;2*1H;/q;;;;;;;+1/p-1. The van der Waals surface area contributed by atoms with Gasteiger partial charge in [0.25, 0.3) is 0 Å². The van der Waals surface area contributed by atoms with Gasteiger partial charge in [-0.2, -0.15) is 0 Å². The molecule has 3 aromatic carbocycles. The molecule has 0 bridgehead atoms. The molecule has 0 fully saturated rings. The van der Waals surface area contributed by atoms with Crippen molar-refractivity contribution in [3.63, 3.8) is 0 Å². The van der Waals surface area contributed by atoms with Crippen molar-refractivity contribution >= 4 is 37.4 Å². The Labute approximate surface area is 242 Å². The fourth-order valence-corrected chi connectivity index (χ4v) is 13.9. The zero-order chi connectivity index (χ0) is 26.2. The Kier molecular flexibility index (Phi) is 9.77. The van der Waals surface area contributed by atoms with Crippen LogP contribution in [0, 0.1) is 5.41 Å². The Hall–Kier alpha value is -2.10. The number of halogens is 2. The minimum atomic E-state index is -4.65. The van der Waals surface area contributed by atoms with Gasteiger partial charge < -0.3 is 0 Å². The summed E-state index contributed by atoms with van der Waals surface area (Å²) in [7, 11) is 1.72. The average molecular weight is 589 g/mol. The van der Waals surface area contributed by atoms with Gasteiger partial charge in [-0.05, 0) is 0 Å². The van der Waals surface area contributed by atoms with Crippen molar-refractivity contribution in [2.75, 3.05) is 7.11 Å². The maximum absolute atomic E-state index is 7.55. The van der Waals surface area contributed by atoms with Crippen LogP contribution in [0.3, 0.4) is 0 Å². The Balaban J connectivity index is 0.00000253. The van der Waals surface area contributed by atoms with Crippen molar-refractivity contribution in [2.45, 2.75) is 53.4 Å². The molecular formula is C33H42Cl2O2Ti. The number of benzene rings is 3. The third kappa shape index (κ3) is 5.75. The molecule has 0 spiro atoms. The molecule has 4 rings (SSSR count). The van der Waals surface area contributed by atoms with E-state index in [0.717, 1.165) is 17.9 Å². The van der Waals surface area contributed by atoms with Gasteiger partial charge in [-0.25, -0.2) is 0 Å². The van der Waals surface area contributed by atoms with E-state index in [2.05, 4.69) is 126 Å². The third-order valence-corrected chi connectivity index (χ3v) is 16.1. The van der Waals surface area contributed by atoms with Crippen molar-refractivity contribution in [2.24, 2.45) is 5.41 Å². The van der Waals surface area contributed by atoms with E-state index in [1.807, 2.05) is 6.07 Å². The molecule has 0 aliphatic heterocycles. The summed E-state index contributed by atoms with van der Waals surface area (Å²) in [4.78, 5) is 5.26. The first-order chi connectivity index (χ1) is 16.9. The molecule has 38 heavy (non-hydrogen) atoms. The van der Waals surface area contributed by atoms with Crippen molar-refractivity contribution in [1.29, 1.82) is 0 Å². The van der Waals surface area contributed by atoms with E-state index in [4.69, 9.17) is 12.9 Å². The second kappa shape index (κ2) is 11.6. The van der Waals surface area contributed by atoms with Crippen LogP contribution < -0.4 is 15.8 Å². The predicted octanol–water partition coefficient (Wildman–Crippen LogP) is 8.16. The topological polar surface area (TPSA) is 18.5 Å². The molecule has 0 aromatic heterocycles.